The summed E-state index contributed by atoms with van der Waals surface area (Å²) < 4.78 is 42.6. The number of halogens is 3. The van der Waals surface area contributed by atoms with Crippen LogP contribution in [0.1, 0.15) is 17.2 Å². The molecule has 1 aromatic carbocycles. The molecule has 1 unspecified atom stereocenters. The van der Waals surface area contributed by atoms with Crippen molar-refractivity contribution in [3.05, 3.63) is 35.4 Å². The molecular formula is C11H11F3NO. The van der Waals surface area contributed by atoms with Gasteiger partial charge in [-0.05, 0) is 29.8 Å². The Morgan fingerprint density at radius 2 is 2.19 bits per heavy atom. The minimum absolute atomic E-state index is 0.174. The highest BCUT2D eigenvalue weighted by Crippen LogP contribution is 2.30. The lowest BCUT2D eigenvalue weighted by molar-refractivity contribution is -0.137. The molecule has 1 aliphatic rings. The number of benzene rings is 1. The summed E-state index contributed by atoms with van der Waals surface area (Å²) in [5.41, 5.74) is -0.105. The van der Waals surface area contributed by atoms with E-state index in [-0.39, 0.29) is 6.04 Å². The molecule has 0 bridgehead atoms. The molecule has 1 saturated heterocycles. The van der Waals surface area contributed by atoms with E-state index in [9.17, 15) is 13.2 Å². The van der Waals surface area contributed by atoms with Crippen molar-refractivity contribution in [2.45, 2.75) is 12.2 Å². The minimum Gasteiger partial charge on any atom is -0.378 e. The molecule has 16 heavy (non-hydrogen) atoms. The van der Waals surface area contributed by atoms with E-state index in [1.807, 2.05) is 0 Å². The number of hydrogen-bond donors (Lipinski definition) is 1. The third-order valence-electron chi connectivity index (χ3n) is 2.46. The smallest absolute Gasteiger partial charge is 0.378 e. The maximum atomic E-state index is 12.5. The second-order valence-electron chi connectivity index (χ2n) is 3.63. The minimum atomic E-state index is -4.32. The molecule has 0 amide bonds. The fraction of sp³-hybridized carbons (Fsp3) is 0.455. The molecule has 0 aliphatic carbocycles. The summed E-state index contributed by atoms with van der Waals surface area (Å²) in [6.07, 6.45) is -4.32. The molecule has 5 heteroatoms. The topological polar surface area (TPSA) is 21.3 Å². The van der Waals surface area contributed by atoms with Gasteiger partial charge < -0.3 is 10.1 Å². The van der Waals surface area contributed by atoms with Crippen molar-refractivity contribution in [1.82, 2.24) is 5.32 Å². The Kier molecular flexibility index (Phi) is 3.16. The van der Waals surface area contributed by atoms with Crippen LogP contribution in [0, 0.1) is 6.07 Å². The molecule has 1 heterocycles. The number of rotatable bonds is 1. The number of morpholine rings is 1. The molecule has 1 N–H and O–H groups in total. The van der Waals surface area contributed by atoms with Crippen LogP contribution in [0.4, 0.5) is 13.2 Å². The summed E-state index contributed by atoms with van der Waals surface area (Å²) in [6, 6.07) is 5.99. The summed E-state index contributed by atoms with van der Waals surface area (Å²) in [7, 11) is 0. The van der Waals surface area contributed by atoms with Gasteiger partial charge in [-0.2, -0.15) is 13.2 Å². The van der Waals surface area contributed by atoms with Crippen molar-refractivity contribution >= 4 is 0 Å². The highest BCUT2D eigenvalue weighted by Gasteiger charge is 2.31. The Hall–Kier alpha value is -1.07. The largest absolute Gasteiger partial charge is 0.416 e. The number of nitrogens with one attached hydrogen (secondary N) is 1. The van der Waals surface area contributed by atoms with Crippen LogP contribution in [0.2, 0.25) is 0 Å². The number of ether oxygens (including phenoxy) is 1. The average Bonchev–Trinajstić information content (AvgIpc) is 2.29. The maximum absolute atomic E-state index is 12.5. The van der Waals surface area contributed by atoms with Gasteiger partial charge in [0.1, 0.15) is 0 Å². The molecule has 2 rings (SSSR count). The van der Waals surface area contributed by atoms with Gasteiger partial charge in [-0.1, -0.05) is 0 Å². The van der Waals surface area contributed by atoms with Gasteiger partial charge in [0.05, 0.1) is 24.8 Å². The highest BCUT2D eigenvalue weighted by atomic mass is 19.4. The summed E-state index contributed by atoms with van der Waals surface area (Å²) >= 11 is 0. The summed E-state index contributed by atoms with van der Waals surface area (Å²) in [5.74, 6) is 0. The molecule has 2 nitrogen and oxygen atoms in total. The van der Waals surface area contributed by atoms with Crippen LogP contribution in [0.15, 0.2) is 18.2 Å². The Labute approximate surface area is 91.4 Å². The van der Waals surface area contributed by atoms with E-state index in [1.54, 1.807) is 6.07 Å². The zero-order chi connectivity index (χ0) is 11.6. The van der Waals surface area contributed by atoms with Crippen molar-refractivity contribution in [1.29, 1.82) is 0 Å². The molecule has 1 aromatic rings. The number of alkyl halides is 3. The molecule has 0 saturated carbocycles. The summed E-state index contributed by atoms with van der Waals surface area (Å²) in [6.45, 7) is 1.65. The summed E-state index contributed by atoms with van der Waals surface area (Å²) in [4.78, 5) is 0. The monoisotopic (exact) mass is 230 g/mol. The van der Waals surface area contributed by atoms with E-state index in [1.165, 1.54) is 0 Å². The van der Waals surface area contributed by atoms with Gasteiger partial charge >= 0.3 is 6.18 Å². The van der Waals surface area contributed by atoms with Gasteiger partial charge in [0.25, 0.3) is 0 Å². The molecule has 0 aromatic heterocycles. The van der Waals surface area contributed by atoms with Gasteiger partial charge in [-0.15, -0.1) is 0 Å². The second kappa shape index (κ2) is 4.43. The zero-order valence-electron chi connectivity index (χ0n) is 8.47. The van der Waals surface area contributed by atoms with Crippen LogP contribution in [-0.2, 0) is 10.9 Å². The highest BCUT2D eigenvalue weighted by molar-refractivity contribution is 5.27. The summed E-state index contributed by atoms with van der Waals surface area (Å²) in [5, 5.41) is 3.10. The van der Waals surface area contributed by atoms with E-state index in [2.05, 4.69) is 11.4 Å². The standard InChI is InChI=1S/C11H11F3NO/c12-11(13,14)9-3-1-2-8(6-9)10-7-16-5-4-15-10/h2-3,6,10,15H,4-5,7H2. The first kappa shape index (κ1) is 11.4. The average molecular weight is 230 g/mol. The zero-order valence-corrected chi connectivity index (χ0v) is 8.47. The van der Waals surface area contributed by atoms with E-state index < -0.39 is 11.7 Å². The van der Waals surface area contributed by atoms with Crippen LogP contribution >= 0.6 is 0 Å². The SMILES string of the molecule is FC(F)(F)c1c[c]cc(C2COCCN2)c1. The second-order valence-corrected chi connectivity index (χ2v) is 3.63. The molecule has 1 radical (unpaired) electrons. The lowest BCUT2D eigenvalue weighted by atomic mass is 10.0. The normalized spacial score (nSPS) is 22.1. The molecule has 1 aliphatic heterocycles. The quantitative estimate of drug-likeness (QED) is 0.798. The van der Waals surface area contributed by atoms with Gasteiger partial charge in [-0.3, -0.25) is 0 Å². The molecule has 1 fully saturated rings. The van der Waals surface area contributed by atoms with Crippen LogP contribution in [0.5, 0.6) is 0 Å². The van der Waals surface area contributed by atoms with Crippen LogP contribution in [0.3, 0.4) is 0 Å². The third kappa shape index (κ3) is 2.54. The first-order chi connectivity index (χ1) is 7.57. The molecular weight excluding hydrogens is 219 g/mol. The van der Waals surface area contributed by atoms with Gasteiger partial charge in [0.15, 0.2) is 0 Å². The van der Waals surface area contributed by atoms with E-state index >= 15 is 0 Å². The Morgan fingerprint density at radius 1 is 1.38 bits per heavy atom. The van der Waals surface area contributed by atoms with Gasteiger partial charge in [0.2, 0.25) is 0 Å². The lowest BCUT2D eigenvalue weighted by Crippen LogP contribution is -2.34. The van der Waals surface area contributed by atoms with Crippen molar-refractivity contribution in [2.24, 2.45) is 0 Å². The van der Waals surface area contributed by atoms with E-state index in [0.29, 0.717) is 25.3 Å². The van der Waals surface area contributed by atoms with Crippen LogP contribution in [-0.4, -0.2) is 19.8 Å². The van der Waals surface area contributed by atoms with Crippen molar-refractivity contribution in [3.8, 4) is 0 Å². The van der Waals surface area contributed by atoms with E-state index in [4.69, 9.17) is 4.74 Å². The van der Waals surface area contributed by atoms with Gasteiger partial charge in [-0.25, -0.2) is 0 Å². The first-order valence-electron chi connectivity index (χ1n) is 4.97. The first-order valence-corrected chi connectivity index (χ1v) is 4.97. The molecule has 1 atom stereocenters. The van der Waals surface area contributed by atoms with Crippen LogP contribution < -0.4 is 5.32 Å². The Bertz CT molecular complexity index is 358. The van der Waals surface area contributed by atoms with Crippen molar-refractivity contribution in [2.75, 3.05) is 19.8 Å². The fourth-order valence-corrected chi connectivity index (χ4v) is 1.63. The lowest BCUT2D eigenvalue weighted by Gasteiger charge is -2.24. The predicted molar refractivity (Wildman–Crippen MR) is 51.8 cm³/mol. The van der Waals surface area contributed by atoms with Gasteiger partial charge in [0, 0.05) is 6.54 Å². The predicted octanol–water partition coefficient (Wildman–Crippen LogP) is 2.17. The maximum Gasteiger partial charge on any atom is 0.416 e. The Morgan fingerprint density at radius 3 is 2.81 bits per heavy atom. The van der Waals surface area contributed by atoms with Crippen molar-refractivity contribution in [3.63, 3.8) is 0 Å². The third-order valence-corrected chi connectivity index (χ3v) is 2.46. The number of hydrogen-bond acceptors (Lipinski definition) is 2. The van der Waals surface area contributed by atoms with E-state index in [0.717, 1.165) is 12.1 Å². The molecule has 87 valence electrons. The van der Waals surface area contributed by atoms with Crippen LogP contribution in [0.25, 0.3) is 0 Å². The Balaban J connectivity index is 2.21. The molecule has 0 spiro atoms. The van der Waals surface area contributed by atoms with Crippen molar-refractivity contribution < 1.29 is 17.9 Å². The fourth-order valence-electron chi connectivity index (χ4n) is 1.63.